The summed E-state index contributed by atoms with van der Waals surface area (Å²) in [6.07, 6.45) is 0.271. The van der Waals surface area contributed by atoms with E-state index in [2.05, 4.69) is 15.6 Å². The van der Waals surface area contributed by atoms with Crippen molar-refractivity contribution in [2.45, 2.75) is 6.10 Å². The molecule has 0 aliphatic carbocycles. The van der Waals surface area contributed by atoms with Gasteiger partial charge in [-0.2, -0.15) is 5.10 Å². The number of ether oxygens (including phenoxy) is 1. The van der Waals surface area contributed by atoms with Crippen molar-refractivity contribution in [3.05, 3.63) is 24.0 Å². The number of nitrogens with one attached hydrogen (secondary N) is 1. The van der Waals surface area contributed by atoms with Crippen molar-refractivity contribution in [2.75, 3.05) is 41.8 Å². The maximum atomic E-state index is 14.7. The molecule has 3 heterocycles. The number of anilines is 2. The molecule has 1 aromatic rings. The first-order valence-electron chi connectivity index (χ1n) is 8.51. The molecular formula is C16H17FN6O4S. The number of cyclic esters (lactones) is 1. The Kier molecular flexibility index (Phi) is 5.05. The van der Waals surface area contributed by atoms with Crippen LogP contribution < -0.4 is 15.2 Å². The number of aliphatic hydroxyl groups is 1. The zero-order chi connectivity index (χ0) is 19.7. The van der Waals surface area contributed by atoms with Crippen LogP contribution >= 0.6 is 11.8 Å². The molecule has 12 heteroatoms. The van der Waals surface area contributed by atoms with Gasteiger partial charge in [-0.15, -0.1) is 5.10 Å². The fraction of sp³-hybridized carbons (Fsp3) is 0.375. The van der Waals surface area contributed by atoms with Crippen molar-refractivity contribution in [3.63, 3.8) is 0 Å². The summed E-state index contributed by atoms with van der Waals surface area (Å²) in [5.74, 6) is -0.388. The van der Waals surface area contributed by atoms with Gasteiger partial charge in [0.25, 0.3) is 5.91 Å². The number of carbonyl (C=O) groups excluding carboxylic acids is 2. The molecule has 1 atom stereocenters. The van der Waals surface area contributed by atoms with Crippen LogP contribution in [-0.4, -0.2) is 71.7 Å². The van der Waals surface area contributed by atoms with Crippen LogP contribution in [0.4, 0.5) is 20.6 Å². The Labute approximate surface area is 163 Å². The molecule has 28 heavy (non-hydrogen) atoms. The third-order valence-electron chi connectivity index (χ3n) is 4.34. The summed E-state index contributed by atoms with van der Waals surface area (Å²) < 4.78 is 19.6. The largest absolute Gasteiger partial charge is 0.441 e. The van der Waals surface area contributed by atoms with Crippen LogP contribution in [0.3, 0.4) is 0 Å². The summed E-state index contributed by atoms with van der Waals surface area (Å²) in [5.41, 5.74) is 3.09. The molecule has 0 saturated carbocycles. The number of aliphatic hydroxyl groups excluding tert-OH is 1. The molecule has 3 aliphatic rings. The first kappa shape index (κ1) is 18.5. The minimum atomic E-state index is -0.612. The molecule has 0 bridgehead atoms. The fourth-order valence-electron chi connectivity index (χ4n) is 2.93. The fourth-order valence-corrected chi connectivity index (χ4v) is 3.65. The van der Waals surface area contributed by atoms with Crippen molar-refractivity contribution in [3.8, 4) is 0 Å². The minimum absolute atomic E-state index is 0.161. The van der Waals surface area contributed by atoms with Gasteiger partial charge >= 0.3 is 6.09 Å². The van der Waals surface area contributed by atoms with Gasteiger partial charge in [-0.25, -0.2) is 19.6 Å². The second-order valence-electron chi connectivity index (χ2n) is 6.20. The molecule has 3 aliphatic heterocycles. The van der Waals surface area contributed by atoms with E-state index >= 15 is 0 Å². The average molecular weight is 408 g/mol. The summed E-state index contributed by atoms with van der Waals surface area (Å²) >= 11 is 1.29. The first-order valence-corrected chi connectivity index (χ1v) is 9.50. The molecule has 2 N–H and O–H groups in total. The number of halogens is 1. The highest BCUT2D eigenvalue weighted by Crippen LogP contribution is 2.28. The SMILES string of the molecule is O=C1CSC(N2CCN(c3ccc(N4C[C@H](CO)OC4=O)cc3F)C=N2)=NN1. The van der Waals surface area contributed by atoms with Crippen LogP contribution in [0, 0.1) is 5.82 Å². The number of amidine groups is 1. The number of amides is 2. The number of carbonyl (C=O) groups is 2. The highest BCUT2D eigenvalue weighted by Gasteiger charge is 2.32. The minimum Gasteiger partial charge on any atom is -0.441 e. The van der Waals surface area contributed by atoms with Crippen LogP contribution in [0.2, 0.25) is 0 Å². The second kappa shape index (κ2) is 7.64. The van der Waals surface area contributed by atoms with Crippen LogP contribution in [0.25, 0.3) is 0 Å². The number of thioether (sulfide) groups is 1. The highest BCUT2D eigenvalue weighted by atomic mass is 32.2. The summed E-state index contributed by atoms with van der Waals surface area (Å²) in [6, 6.07) is 4.45. The molecule has 1 saturated heterocycles. The molecule has 148 valence electrons. The van der Waals surface area contributed by atoms with E-state index in [9.17, 15) is 14.0 Å². The first-order chi connectivity index (χ1) is 13.5. The van der Waals surface area contributed by atoms with Gasteiger partial charge in [0.15, 0.2) is 0 Å². The summed E-state index contributed by atoms with van der Waals surface area (Å²) in [6.45, 7) is 0.822. The number of hydrogen-bond donors (Lipinski definition) is 2. The Morgan fingerprint density at radius 3 is 2.82 bits per heavy atom. The third-order valence-corrected chi connectivity index (χ3v) is 5.31. The molecule has 0 unspecified atom stereocenters. The lowest BCUT2D eigenvalue weighted by molar-refractivity contribution is -0.118. The molecule has 1 aromatic carbocycles. The number of nitrogens with zero attached hydrogens (tertiary/aromatic N) is 5. The Morgan fingerprint density at radius 2 is 2.21 bits per heavy atom. The van der Waals surface area contributed by atoms with E-state index in [0.717, 1.165) is 0 Å². The number of benzene rings is 1. The van der Waals surface area contributed by atoms with Crippen LogP contribution in [0.1, 0.15) is 0 Å². The predicted octanol–water partition coefficient (Wildman–Crippen LogP) is 0.342. The number of hydrogen-bond acceptors (Lipinski definition) is 9. The predicted molar refractivity (Wildman–Crippen MR) is 102 cm³/mol. The van der Waals surface area contributed by atoms with Gasteiger partial charge in [0.05, 0.1) is 36.8 Å². The third kappa shape index (κ3) is 3.60. The van der Waals surface area contributed by atoms with Gasteiger partial charge in [-0.3, -0.25) is 9.69 Å². The quantitative estimate of drug-likeness (QED) is 0.742. The maximum Gasteiger partial charge on any atom is 0.414 e. The number of rotatable bonds is 3. The summed E-state index contributed by atoms with van der Waals surface area (Å²) in [5, 5.41) is 19.6. The van der Waals surface area contributed by atoms with Crippen molar-refractivity contribution >= 4 is 46.6 Å². The van der Waals surface area contributed by atoms with Gasteiger partial charge in [-0.05, 0) is 18.2 Å². The van der Waals surface area contributed by atoms with Crippen molar-refractivity contribution in [1.82, 2.24) is 10.4 Å². The normalized spacial score (nSPS) is 22.3. The smallest absolute Gasteiger partial charge is 0.414 e. The molecule has 1 fully saturated rings. The van der Waals surface area contributed by atoms with Crippen LogP contribution in [0.15, 0.2) is 28.4 Å². The zero-order valence-electron chi connectivity index (χ0n) is 14.6. The monoisotopic (exact) mass is 408 g/mol. The lowest BCUT2D eigenvalue weighted by Gasteiger charge is -2.31. The van der Waals surface area contributed by atoms with Gasteiger partial charge in [0.1, 0.15) is 18.3 Å². The van der Waals surface area contributed by atoms with Gasteiger partial charge in [-0.1, -0.05) is 11.8 Å². The zero-order valence-corrected chi connectivity index (χ0v) is 15.4. The van der Waals surface area contributed by atoms with Crippen molar-refractivity contribution in [1.29, 1.82) is 0 Å². The molecular weight excluding hydrogens is 391 g/mol. The molecule has 10 nitrogen and oxygen atoms in total. The summed E-state index contributed by atoms with van der Waals surface area (Å²) in [4.78, 5) is 25.9. The van der Waals surface area contributed by atoms with Crippen LogP contribution in [0.5, 0.6) is 0 Å². The Morgan fingerprint density at radius 1 is 1.36 bits per heavy atom. The topological polar surface area (TPSA) is 110 Å². The van der Waals surface area contributed by atoms with E-state index in [0.29, 0.717) is 29.6 Å². The van der Waals surface area contributed by atoms with E-state index in [1.165, 1.54) is 29.1 Å². The van der Waals surface area contributed by atoms with Gasteiger partial charge < -0.3 is 14.7 Å². The number of hydrazone groups is 2. The lowest BCUT2D eigenvalue weighted by Crippen LogP contribution is -2.42. The average Bonchev–Trinajstić information content (AvgIpc) is 3.09. The Balaban J connectivity index is 1.46. The van der Waals surface area contributed by atoms with Gasteiger partial charge in [0, 0.05) is 6.54 Å². The Hall–Kier alpha value is -2.86. The Bertz CT molecular complexity index is 866. The van der Waals surface area contributed by atoms with Crippen molar-refractivity contribution in [2.24, 2.45) is 10.2 Å². The molecule has 2 amide bonds. The van der Waals surface area contributed by atoms with Crippen molar-refractivity contribution < 1.29 is 23.8 Å². The standard InChI is InChI=1S/C16H17FN6O4S/c17-12-5-10(22-6-11(7-24)27-16(22)26)1-2-13(12)21-3-4-23(18-9-21)15-20-19-14(25)8-28-15/h1-2,5,9,11,24H,3-4,6-8H2,(H,19,25)/t11-/m1/s1. The van der Waals surface area contributed by atoms with E-state index in [4.69, 9.17) is 9.84 Å². The molecule has 0 aromatic heterocycles. The highest BCUT2D eigenvalue weighted by molar-refractivity contribution is 8.14. The lowest BCUT2D eigenvalue weighted by atomic mass is 10.2. The maximum absolute atomic E-state index is 14.7. The van der Waals surface area contributed by atoms with Crippen LogP contribution in [-0.2, 0) is 9.53 Å². The van der Waals surface area contributed by atoms with Gasteiger partial charge in [0.2, 0.25) is 5.17 Å². The van der Waals surface area contributed by atoms with E-state index in [-0.39, 0.29) is 24.8 Å². The second-order valence-corrected chi connectivity index (χ2v) is 7.14. The molecule has 0 spiro atoms. The molecule has 0 radical (unpaired) electrons. The molecule has 4 rings (SSSR count). The van der Waals surface area contributed by atoms with E-state index in [1.807, 2.05) is 0 Å². The van der Waals surface area contributed by atoms with E-state index < -0.39 is 18.0 Å². The van der Waals surface area contributed by atoms with E-state index in [1.54, 1.807) is 22.0 Å². The summed E-state index contributed by atoms with van der Waals surface area (Å²) in [7, 11) is 0.